The van der Waals surface area contributed by atoms with Gasteiger partial charge in [-0.25, -0.2) is 0 Å². The minimum absolute atomic E-state index is 0.0994. The maximum atomic E-state index is 10.3. The van der Waals surface area contributed by atoms with Crippen molar-refractivity contribution in [2.75, 3.05) is 0 Å². The van der Waals surface area contributed by atoms with Crippen molar-refractivity contribution in [2.45, 2.75) is 51.6 Å². The molecule has 1 saturated carbocycles. The number of aryl methyl sites for hydroxylation is 2. The predicted molar refractivity (Wildman–Crippen MR) is 81.0 cm³/mol. The van der Waals surface area contributed by atoms with Crippen LogP contribution in [0.1, 0.15) is 48.1 Å². The van der Waals surface area contributed by atoms with Gasteiger partial charge in [-0.3, -0.25) is 0 Å². The van der Waals surface area contributed by atoms with Crippen molar-refractivity contribution in [2.24, 2.45) is 5.41 Å². The SMILES string of the molecule is Cc1ccc2c3c(sc2c1)[C@H]1CC[C@@H](O)C1(C)CC3. The number of aliphatic hydroxyl groups excluding tert-OH is 1. The smallest absolute Gasteiger partial charge is 0.0600 e. The molecule has 0 radical (unpaired) electrons. The van der Waals surface area contributed by atoms with Crippen LogP contribution in [0, 0.1) is 12.3 Å². The van der Waals surface area contributed by atoms with Crippen molar-refractivity contribution in [3.05, 3.63) is 34.2 Å². The molecule has 1 fully saturated rings. The summed E-state index contributed by atoms with van der Waals surface area (Å²) in [5.41, 5.74) is 3.06. The van der Waals surface area contributed by atoms with E-state index < -0.39 is 0 Å². The Morgan fingerprint density at radius 2 is 2.16 bits per heavy atom. The lowest BCUT2D eigenvalue weighted by Crippen LogP contribution is -2.34. The molecule has 100 valence electrons. The highest BCUT2D eigenvalue weighted by molar-refractivity contribution is 7.19. The van der Waals surface area contributed by atoms with E-state index in [4.69, 9.17) is 0 Å². The molecule has 0 bridgehead atoms. The van der Waals surface area contributed by atoms with Gasteiger partial charge in [0.05, 0.1) is 6.10 Å². The summed E-state index contributed by atoms with van der Waals surface area (Å²) in [6.45, 7) is 4.47. The Kier molecular flexibility index (Phi) is 2.40. The molecule has 1 nitrogen and oxygen atoms in total. The Morgan fingerprint density at radius 1 is 1.32 bits per heavy atom. The molecule has 0 saturated heterocycles. The summed E-state index contributed by atoms with van der Waals surface area (Å²) < 4.78 is 1.44. The minimum Gasteiger partial charge on any atom is -0.393 e. The van der Waals surface area contributed by atoms with Gasteiger partial charge in [-0.15, -0.1) is 11.3 Å². The van der Waals surface area contributed by atoms with Crippen molar-refractivity contribution in [3.63, 3.8) is 0 Å². The summed E-state index contributed by atoms with van der Waals surface area (Å²) >= 11 is 1.98. The van der Waals surface area contributed by atoms with E-state index in [1.807, 2.05) is 11.3 Å². The normalized spacial score (nSPS) is 33.4. The van der Waals surface area contributed by atoms with Crippen LogP contribution in [-0.2, 0) is 6.42 Å². The number of rotatable bonds is 0. The van der Waals surface area contributed by atoms with Crippen molar-refractivity contribution in [1.82, 2.24) is 0 Å². The van der Waals surface area contributed by atoms with Gasteiger partial charge < -0.3 is 5.11 Å². The van der Waals surface area contributed by atoms with Gasteiger partial charge in [0.2, 0.25) is 0 Å². The van der Waals surface area contributed by atoms with Crippen LogP contribution in [0.3, 0.4) is 0 Å². The Labute approximate surface area is 118 Å². The summed E-state index contributed by atoms with van der Waals surface area (Å²) in [6, 6.07) is 6.85. The molecule has 0 spiro atoms. The van der Waals surface area contributed by atoms with Crippen LogP contribution < -0.4 is 0 Å². The van der Waals surface area contributed by atoms with Gasteiger partial charge in [-0.2, -0.15) is 0 Å². The van der Waals surface area contributed by atoms with E-state index in [9.17, 15) is 5.11 Å². The standard InChI is InChI=1S/C17H20OS/c1-10-3-4-11-12-7-8-17(2)13(5-6-15(17)18)16(12)19-14(11)9-10/h3-4,9,13,15,18H,5-8H2,1-2H3/t13-,15-,17?/m1/s1. The lowest BCUT2D eigenvalue weighted by molar-refractivity contribution is 0.0467. The summed E-state index contributed by atoms with van der Waals surface area (Å²) in [5.74, 6) is 0.587. The molecule has 2 aliphatic carbocycles. The number of thiophene rings is 1. The first-order valence-corrected chi connectivity index (χ1v) is 8.11. The summed E-state index contributed by atoms with van der Waals surface area (Å²) in [7, 11) is 0. The van der Waals surface area contributed by atoms with Crippen LogP contribution in [0.25, 0.3) is 10.1 Å². The Hall–Kier alpha value is -0.860. The molecule has 0 amide bonds. The Balaban J connectivity index is 1.93. The molecule has 3 atom stereocenters. The number of hydrogen-bond donors (Lipinski definition) is 1. The highest BCUT2D eigenvalue weighted by atomic mass is 32.1. The molecule has 1 unspecified atom stereocenters. The monoisotopic (exact) mass is 272 g/mol. The quantitative estimate of drug-likeness (QED) is 0.753. The summed E-state index contributed by atoms with van der Waals surface area (Å²) in [6.07, 6.45) is 4.33. The molecule has 1 N–H and O–H groups in total. The van der Waals surface area contributed by atoms with Gasteiger partial charge in [0.25, 0.3) is 0 Å². The van der Waals surface area contributed by atoms with Gasteiger partial charge in [0, 0.05) is 20.9 Å². The van der Waals surface area contributed by atoms with E-state index in [0.717, 1.165) is 25.7 Å². The number of benzene rings is 1. The second-order valence-electron chi connectivity index (χ2n) is 6.60. The van der Waals surface area contributed by atoms with Crippen LogP contribution in [0.2, 0.25) is 0 Å². The Morgan fingerprint density at radius 3 is 3.00 bits per heavy atom. The van der Waals surface area contributed by atoms with Gasteiger partial charge >= 0.3 is 0 Å². The average Bonchev–Trinajstić information content (AvgIpc) is 2.87. The topological polar surface area (TPSA) is 20.2 Å². The largest absolute Gasteiger partial charge is 0.393 e. The Bertz CT molecular complexity index is 657. The zero-order valence-corrected chi connectivity index (χ0v) is 12.4. The first kappa shape index (κ1) is 11.9. The molecule has 1 heterocycles. The predicted octanol–water partition coefficient (Wildman–Crippen LogP) is 4.40. The van der Waals surface area contributed by atoms with Gasteiger partial charge in [-0.05, 0) is 55.2 Å². The highest BCUT2D eigenvalue weighted by Gasteiger charge is 2.49. The van der Waals surface area contributed by atoms with Crippen LogP contribution in [0.4, 0.5) is 0 Å². The van der Waals surface area contributed by atoms with E-state index in [-0.39, 0.29) is 11.5 Å². The first-order valence-electron chi connectivity index (χ1n) is 7.29. The number of hydrogen-bond acceptors (Lipinski definition) is 2. The number of aliphatic hydroxyl groups is 1. The number of fused-ring (bicyclic) bond motifs is 5. The zero-order chi connectivity index (χ0) is 13.2. The second kappa shape index (κ2) is 3.83. The van der Waals surface area contributed by atoms with Crippen LogP contribution in [-0.4, -0.2) is 11.2 Å². The van der Waals surface area contributed by atoms with Gasteiger partial charge in [0.1, 0.15) is 0 Å². The second-order valence-corrected chi connectivity index (χ2v) is 7.68. The van der Waals surface area contributed by atoms with E-state index in [0.29, 0.717) is 5.92 Å². The third kappa shape index (κ3) is 1.50. The summed E-state index contributed by atoms with van der Waals surface area (Å²) in [4.78, 5) is 1.57. The maximum absolute atomic E-state index is 10.3. The van der Waals surface area contributed by atoms with E-state index >= 15 is 0 Å². The average molecular weight is 272 g/mol. The van der Waals surface area contributed by atoms with Gasteiger partial charge in [-0.1, -0.05) is 19.1 Å². The fourth-order valence-corrected chi connectivity index (χ4v) is 5.84. The molecule has 1 aromatic heterocycles. The lowest BCUT2D eigenvalue weighted by Gasteiger charge is -2.38. The molecule has 2 heteroatoms. The molecular formula is C17H20OS. The molecule has 4 rings (SSSR count). The lowest BCUT2D eigenvalue weighted by atomic mass is 9.69. The minimum atomic E-state index is -0.0994. The van der Waals surface area contributed by atoms with E-state index in [1.54, 1.807) is 10.4 Å². The van der Waals surface area contributed by atoms with Crippen LogP contribution in [0.5, 0.6) is 0 Å². The van der Waals surface area contributed by atoms with Crippen LogP contribution in [0.15, 0.2) is 18.2 Å². The first-order chi connectivity index (χ1) is 9.09. The van der Waals surface area contributed by atoms with Crippen LogP contribution >= 0.6 is 11.3 Å². The fourth-order valence-electron chi connectivity index (χ4n) is 4.20. The van der Waals surface area contributed by atoms with E-state index in [2.05, 4.69) is 32.0 Å². The van der Waals surface area contributed by atoms with Crippen molar-refractivity contribution in [1.29, 1.82) is 0 Å². The highest BCUT2D eigenvalue weighted by Crippen LogP contribution is 2.58. The molecular weight excluding hydrogens is 252 g/mol. The third-order valence-corrected chi connectivity index (χ3v) is 6.80. The third-order valence-electron chi connectivity index (χ3n) is 5.50. The molecule has 19 heavy (non-hydrogen) atoms. The van der Waals surface area contributed by atoms with Crippen molar-refractivity contribution in [3.8, 4) is 0 Å². The fraction of sp³-hybridized carbons (Fsp3) is 0.529. The molecule has 0 aliphatic heterocycles. The van der Waals surface area contributed by atoms with Gasteiger partial charge in [0.15, 0.2) is 0 Å². The zero-order valence-electron chi connectivity index (χ0n) is 11.6. The molecule has 1 aromatic carbocycles. The van der Waals surface area contributed by atoms with Crippen molar-refractivity contribution < 1.29 is 5.11 Å². The molecule has 2 aromatic rings. The summed E-state index contributed by atoms with van der Waals surface area (Å²) in [5, 5.41) is 11.8. The van der Waals surface area contributed by atoms with Crippen molar-refractivity contribution >= 4 is 21.4 Å². The molecule has 2 aliphatic rings. The van der Waals surface area contributed by atoms with E-state index in [1.165, 1.54) is 15.6 Å². The maximum Gasteiger partial charge on any atom is 0.0600 e.